The highest BCUT2D eigenvalue weighted by Crippen LogP contribution is 2.21. The molecule has 0 aliphatic rings. The molecule has 0 aliphatic heterocycles. The normalized spacial score (nSPS) is 10.3. The van der Waals surface area contributed by atoms with Crippen molar-refractivity contribution in [3.05, 3.63) is 57.7 Å². The summed E-state index contributed by atoms with van der Waals surface area (Å²) in [6.45, 7) is 3.23. The first-order valence-corrected chi connectivity index (χ1v) is 8.38. The molecule has 1 aromatic carbocycles. The monoisotopic (exact) mass is 367 g/mol. The maximum atomic E-state index is 11.9. The van der Waals surface area contributed by atoms with Crippen LogP contribution in [-0.2, 0) is 13.0 Å². The molecular weight excluding hydrogens is 349 g/mol. The van der Waals surface area contributed by atoms with Gasteiger partial charge in [0.05, 0.1) is 6.61 Å². The topological polar surface area (TPSA) is 63.2 Å². The van der Waals surface area contributed by atoms with E-state index in [1.54, 1.807) is 24.4 Å². The zero-order chi connectivity index (χ0) is 17.4. The van der Waals surface area contributed by atoms with E-state index >= 15 is 0 Å². The average Bonchev–Trinajstić information content (AvgIpc) is 2.56. The molecule has 0 saturated heterocycles. The van der Waals surface area contributed by atoms with Crippen LogP contribution >= 0.6 is 23.2 Å². The van der Waals surface area contributed by atoms with Gasteiger partial charge in [0.25, 0.3) is 0 Å². The van der Waals surface area contributed by atoms with Crippen molar-refractivity contribution in [1.82, 2.24) is 15.6 Å². The maximum absolute atomic E-state index is 11.9. The Morgan fingerprint density at radius 2 is 2.04 bits per heavy atom. The van der Waals surface area contributed by atoms with Crippen LogP contribution in [0.5, 0.6) is 5.88 Å². The summed E-state index contributed by atoms with van der Waals surface area (Å²) >= 11 is 12.0. The van der Waals surface area contributed by atoms with Crippen molar-refractivity contribution in [2.24, 2.45) is 0 Å². The molecule has 0 bridgehead atoms. The number of pyridine rings is 1. The van der Waals surface area contributed by atoms with Gasteiger partial charge in [-0.1, -0.05) is 35.3 Å². The second-order valence-corrected chi connectivity index (χ2v) is 5.84. The fourth-order valence-electron chi connectivity index (χ4n) is 2.10. The number of carbonyl (C=O) groups is 1. The molecule has 0 saturated carbocycles. The van der Waals surface area contributed by atoms with E-state index < -0.39 is 0 Å². The molecule has 5 nitrogen and oxygen atoms in total. The summed E-state index contributed by atoms with van der Waals surface area (Å²) in [5.74, 6) is 0.535. The Kier molecular flexibility index (Phi) is 7.15. The smallest absolute Gasteiger partial charge is 0.315 e. The van der Waals surface area contributed by atoms with Gasteiger partial charge in [-0.15, -0.1) is 0 Å². The summed E-state index contributed by atoms with van der Waals surface area (Å²) < 4.78 is 5.42. The summed E-state index contributed by atoms with van der Waals surface area (Å²) in [6, 6.07) is 8.74. The SMILES string of the molecule is CCOc1ncccc1CNC(=O)NCCc1ccc(Cl)cc1Cl. The Hall–Kier alpha value is -1.98. The minimum absolute atomic E-state index is 0.258. The average molecular weight is 368 g/mol. The molecule has 0 fully saturated rings. The van der Waals surface area contributed by atoms with E-state index in [2.05, 4.69) is 15.6 Å². The predicted molar refractivity (Wildman–Crippen MR) is 95.8 cm³/mol. The van der Waals surface area contributed by atoms with Gasteiger partial charge in [0.2, 0.25) is 5.88 Å². The largest absolute Gasteiger partial charge is 0.478 e. The molecule has 2 aromatic rings. The van der Waals surface area contributed by atoms with Gasteiger partial charge in [0, 0.05) is 34.9 Å². The first-order valence-electron chi connectivity index (χ1n) is 7.62. The van der Waals surface area contributed by atoms with Crippen LogP contribution in [0.1, 0.15) is 18.1 Å². The summed E-state index contributed by atoms with van der Waals surface area (Å²) in [6.07, 6.45) is 2.28. The zero-order valence-electron chi connectivity index (χ0n) is 13.3. The summed E-state index contributed by atoms with van der Waals surface area (Å²) in [5.41, 5.74) is 1.77. The lowest BCUT2D eigenvalue weighted by Gasteiger charge is -2.11. The predicted octanol–water partition coefficient (Wildman–Crippen LogP) is 3.83. The van der Waals surface area contributed by atoms with Crippen molar-refractivity contribution in [3.8, 4) is 5.88 Å². The maximum Gasteiger partial charge on any atom is 0.315 e. The number of hydrogen-bond donors (Lipinski definition) is 2. The molecular formula is C17H19Cl2N3O2. The number of amides is 2. The third-order valence-corrected chi connectivity index (χ3v) is 3.85. The van der Waals surface area contributed by atoms with Gasteiger partial charge in [-0.25, -0.2) is 9.78 Å². The van der Waals surface area contributed by atoms with E-state index in [-0.39, 0.29) is 6.03 Å². The van der Waals surface area contributed by atoms with E-state index in [1.807, 2.05) is 19.1 Å². The van der Waals surface area contributed by atoms with Crippen molar-refractivity contribution in [2.45, 2.75) is 19.9 Å². The summed E-state index contributed by atoms with van der Waals surface area (Å²) in [5, 5.41) is 6.77. The molecule has 0 aliphatic carbocycles. The minimum Gasteiger partial charge on any atom is -0.478 e. The van der Waals surface area contributed by atoms with Gasteiger partial charge < -0.3 is 15.4 Å². The molecule has 128 valence electrons. The number of benzene rings is 1. The minimum atomic E-state index is -0.258. The van der Waals surface area contributed by atoms with Crippen LogP contribution in [0.3, 0.4) is 0 Å². The lowest BCUT2D eigenvalue weighted by Crippen LogP contribution is -2.36. The van der Waals surface area contributed by atoms with Crippen LogP contribution < -0.4 is 15.4 Å². The third kappa shape index (κ3) is 5.58. The zero-order valence-corrected chi connectivity index (χ0v) is 14.8. The van der Waals surface area contributed by atoms with Gasteiger partial charge in [-0.2, -0.15) is 0 Å². The van der Waals surface area contributed by atoms with E-state index in [0.29, 0.717) is 42.0 Å². The van der Waals surface area contributed by atoms with E-state index in [9.17, 15) is 4.79 Å². The Bertz CT molecular complexity index is 695. The van der Waals surface area contributed by atoms with Gasteiger partial charge in [0.1, 0.15) is 0 Å². The molecule has 1 aromatic heterocycles. The van der Waals surface area contributed by atoms with Crippen molar-refractivity contribution < 1.29 is 9.53 Å². The van der Waals surface area contributed by atoms with E-state index in [4.69, 9.17) is 27.9 Å². The van der Waals surface area contributed by atoms with Gasteiger partial charge in [0.15, 0.2) is 0 Å². The first-order chi connectivity index (χ1) is 11.6. The number of nitrogens with zero attached hydrogens (tertiary/aromatic N) is 1. The van der Waals surface area contributed by atoms with Crippen LogP contribution in [-0.4, -0.2) is 24.2 Å². The molecule has 0 spiro atoms. The summed E-state index contributed by atoms with van der Waals surface area (Å²) in [4.78, 5) is 16.0. The standard InChI is InChI=1S/C17H19Cl2N3O2/c1-2-24-16-13(4-3-8-20-16)11-22-17(23)21-9-7-12-5-6-14(18)10-15(12)19/h3-6,8,10H,2,7,9,11H2,1H3,(H2,21,22,23). The van der Waals surface area contributed by atoms with Crippen molar-refractivity contribution in [3.63, 3.8) is 0 Å². The molecule has 7 heteroatoms. The quantitative estimate of drug-likeness (QED) is 0.781. The molecule has 2 rings (SSSR count). The number of ether oxygens (including phenoxy) is 1. The lowest BCUT2D eigenvalue weighted by atomic mass is 10.1. The lowest BCUT2D eigenvalue weighted by molar-refractivity contribution is 0.240. The number of halogens is 2. The molecule has 2 amide bonds. The van der Waals surface area contributed by atoms with Crippen LogP contribution in [0.15, 0.2) is 36.5 Å². The van der Waals surface area contributed by atoms with Gasteiger partial charge in [-0.05, 0) is 37.1 Å². The van der Waals surface area contributed by atoms with E-state index in [0.717, 1.165) is 11.1 Å². The molecule has 2 N–H and O–H groups in total. The fraction of sp³-hybridized carbons (Fsp3) is 0.294. The molecule has 0 unspecified atom stereocenters. The number of urea groups is 1. The van der Waals surface area contributed by atoms with Gasteiger partial charge in [-0.3, -0.25) is 0 Å². The fourth-order valence-corrected chi connectivity index (χ4v) is 2.60. The van der Waals surface area contributed by atoms with Crippen molar-refractivity contribution >= 4 is 29.2 Å². The van der Waals surface area contributed by atoms with Crippen LogP contribution in [0.25, 0.3) is 0 Å². The van der Waals surface area contributed by atoms with E-state index in [1.165, 1.54) is 0 Å². The Labute approximate surface area is 151 Å². The van der Waals surface area contributed by atoms with Crippen LogP contribution in [0, 0.1) is 0 Å². The third-order valence-electron chi connectivity index (χ3n) is 3.27. The molecule has 0 radical (unpaired) electrons. The highest BCUT2D eigenvalue weighted by atomic mass is 35.5. The number of carbonyl (C=O) groups excluding carboxylic acids is 1. The number of aromatic nitrogens is 1. The first kappa shape index (κ1) is 18.4. The van der Waals surface area contributed by atoms with Crippen molar-refractivity contribution in [2.75, 3.05) is 13.2 Å². The summed E-state index contributed by atoms with van der Waals surface area (Å²) in [7, 11) is 0. The molecule has 0 atom stereocenters. The second kappa shape index (κ2) is 9.35. The Balaban J connectivity index is 1.77. The number of rotatable bonds is 7. The molecule has 24 heavy (non-hydrogen) atoms. The highest BCUT2D eigenvalue weighted by Gasteiger charge is 2.07. The van der Waals surface area contributed by atoms with Gasteiger partial charge >= 0.3 is 6.03 Å². The Morgan fingerprint density at radius 1 is 1.21 bits per heavy atom. The Morgan fingerprint density at radius 3 is 2.79 bits per heavy atom. The van der Waals surface area contributed by atoms with Crippen molar-refractivity contribution in [1.29, 1.82) is 0 Å². The van der Waals surface area contributed by atoms with Crippen LogP contribution in [0.4, 0.5) is 4.79 Å². The molecule has 1 heterocycles. The number of hydrogen-bond acceptors (Lipinski definition) is 3. The van der Waals surface area contributed by atoms with Crippen LogP contribution in [0.2, 0.25) is 10.0 Å². The number of nitrogens with one attached hydrogen (secondary N) is 2. The highest BCUT2D eigenvalue weighted by molar-refractivity contribution is 6.35. The second-order valence-electron chi connectivity index (χ2n) is 5.00.